The van der Waals surface area contributed by atoms with E-state index in [4.69, 9.17) is 19.3 Å². The minimum Gasteiger partial charge on any atom is -0.493 e. The summed E-state index contributed by atoms with van der Waals surface area (Å²) in [6, 6.07) is 5.79. The van der Waals surface area contributed by atoms with Crippen molar-refractivity contribution in [1.82, 2.24) is 10.6 Å². The average Bonchev–Trinajstić information content (AvgIpc) is 3.14. The number of benzene rings is 1. The van der Waals surface area contributed by atoms with Crippen LogP contribution in [0.4, 0.5) is 5.69 Å². The van der Waals surface area contributed by atoms with E-state index in [2.05, 4.69) is 16.0 Å². The van der Waals surface area contributed by atoms with Gasteiger partial charge >= 0.3 is 0 Å². The molecule has 2 aromatic carbocycles. The van der Waals surface area contributed by atoms with Crippen LogP contribution in [-0.4, -0.2) is 57.4 Å². The van der Waals surface area contributed by atoms with Gasteiger partial charge in [-0.1, -0.05) is 19.9 Å². The highest BCUT2D eigenvalue weighted by molar-refractivity contribution is 5.86. The van der Waals surface area contributed by atoms with Gasteiger partial charge in [-0.25, -0.2) is 0 Å². The van der Waals surface area contributed by atoms with Crippen molar-refractivity contribution >= 4 is 17.5 Å². The summed E-state index contributed by atoms with van der Waals surface area (Å²) in [5.74, 6) is 0.822. The van der Waals surface area contributed by atoms with Crippen molar-refractivity contribution in [3.63, 3.8) is 0 Å². The Morgan fingerprint density at radius 2 is 1.79 bits per heavy atom. The number of aliphatic hydroxyl groups is 1. The Morgan fingerprint density at radius 3 is 2.38 bits per heavy atom. The van der Waals surface area contributed by atoms with Crippen LogP contribution >= 0.6 is 0 Å². The number of hydrogen-bond acceptors (Lipinski definition) is 8. The van der Waals surface area contributed by atoms with Gasteiger partial charge in [0, 0.05) is 25.6 Å². The number of ether oxygens (including phenoxy) is 3. The normalized spacial score (nSPS) is 14.8. The third-order valence-electron chi connectivity index (χ3n) is 6.81. The molecular weight excluding hydrogens is 502 g/mol. The Labute approximate surface area is 229 Å². The molecule has 3 rings (SSSR count). The second-order valence-corrected chi connectivity index (χ2v) is 9.83. The number of hydrogen-bond donors (Lipinski definition) is 4. The van der Waals surface area contributed by atoms with E-state index >= 15 is 0 Å². The first-order chi connectivity index (χ1) is 18.7. The van der Waals surface area contributed by atoms with Crippen molar-refractivity contribution in [2.45, 2.75) is 52.1 Å². The predicted molar refractivity (Wildman–Crippen MR) is 150 cm³/mol. The van der Waals surface area contributed by atoms with Crippen LogP contribution < -0.4 is 35.6 Å². The molecule has 0 fully saturated rings. The molecule has 39 heavy (non-hydrogen) atoms. The fourth-order valence-electron chi connectivity index (χ4n) is 4.93. The molecule has 10 heteroatoms. The molecular formula is C29H39N3O7. The third-order valence-corrected chi connectivity index (χ3v) is 6.81. The number of anilines is 1. The van der Waals surface area contributed by atoms with Crippen LogP contribution in [0.25, 0.3) is 11.1 Å². The minimum absolute atomic E-state index is 0.0259. The molecule has 212 valence electrons. The van der Waals surface area contributed by atoms with Gasteiger partial charge < -0.3 is 35.3 Å². The van der Waals surface area contributed by atoms with E-state index < -0.39 is 12.1 Å². The first-order valence-corrected chi connectivity index (χ1v) is 13.1. The number of nitrogens with one attached hydrogen (secondary N) is 3. The number of methoxy groups -OCH3 is 3. The molecule has 1 aliphatic carbocycles. The van der Waals surface area contributed by atoms with Gasteiger partial charge in [-0.05, 0) is 60.1 Å². The standard InChI is InChI=1S/C29H39N3O7/c1-16(2)26(29(36)30-12-7-13-33)32-22-11-9-19-20(15-23(22)35)21(31-17(3)34)10-8-18-14-24(37-4)27(38-5)28(39-6)25(18)19/h9,11,14-16,21,26,33H,7-8,10,12-13H2,1-6H3,(H,30,36)(H,31,34)(H,32,35). The fraction of sp³-hybridized carbons (Fsp3) is 0.483. The zero-order valence-corrected chi connectivity index (χ0v) is 23.5. The van der Waals surface area contributed by atoms with E-state index in [9.17, 15) is 14.4 Å². The lowest BCUT2D eigenvalue weighted by atomic mass is 9.95. The van der Waals surface area contributed by atoms with E-state index in [1.165, 1.54) is 20.1 Å². The van der Waals surface area contributed by atoms with E-state index in [-0.39, 0.29) is 35.5 Å². The van der Waals surface area contributed by atoms with E-state index in [1.54, 1.807) is 20.3 Å². The maximum atomic E-state index is 13.5. The Bertz CT molecular complexity index is 1260. The Hall–Kier alpha value is -3.79. The molecule has 4 N–H and O–H groups in total. The Morgan fingerprint density at radius 1 is 1.08 bits per heavy atom. The second-order valence-electron chi connectivity index (χ2n) is 9.83. The van der Waals surface area contributed by atoms with Gasteiger partial charge in [0.25, 0.3) is 0 Å². The van der Waals surface area contributed by atoms with Crippen LogP contribution in [0.3, 0.4) is 0 Å². The zero-order valence-electron chi connectivity index (χ0n) is 23.5. The SMILES string of the molecule is COc1cc2c(c(OC)c1OC)-c1ccc(NC(C(=O)NCCCO)C(C)C)c(=O)cc1C(NC(C)=O)CC2. The lowest BCUT2D eigenvalue weighted by Gasteiger charge is -2.22. The second kappa shape index (κ2) is 13.3. The van der Waals surface area contributed by atoms with E-state index in [1.807, 2.05) is 26.0 Å². The molecule has 0 aliphatic heterocycles. The number of carbonyl (C=O) groups is 2. The molecule has 0 radical (unpaired) electrons. The molecule has 0 heterocycles. The highest BCUT2D eigenvalue weighted by atomic mass is 16.5. The lowest BCUT2D eigenvalue weighted by molar-refractivity contribution is -0.122. The highest BCUT2D eigenvalue weighted by Gasteiger charge is 2.30. The van der Waals surface area contributed by atoms with Crippen molar-refractivity contribution in [3.05, 3.63) is 45.6 Å². The minimum atomic E-state index is -0.670. The molecule has 1 aliphatic rings. The third kappa shape index (κ3) is 6.62. The van der Waals surface area contributed by atoms with Gasteiger partial charge in [0.05, 0.1) is 33.1 Å². The van der Waals surface area contributed by atoms with Crippen LogP contribution in [0.15, 0.2) is 29.1 Å². The molecule has 2 aromatic rings. The molecule has 2 amide bonds. The first kappa shape index (κ1) is 29.8. The summed E-state index contributed by atoms with van der Waals surface area (Å²) in [6.45, 7) is 5.53. The van der Waals surface area contributed by atoms with Crippen molar-refractivity contribution < 1.29 is 28.9 Å². The van der Waals surface area contributed by atoms with Crippen molar-refractivity contribution in [2.75, 3.05) is 39.8 Å². The summed E-state index contributed by atoms with van der Waals surface area (Å²) in [5, 5.41) is 18.0. The molecule has 0 spiro atoms. The average molecular weight is 542 g/mol. The summed E-state index contributed by atoms with van der Waals surface area (Å²) in [6.07, 6.45) is 1.58. The van der Waals surface area contributed by atoms with Crippen LogP contribution in [0.2, 0.25) is 0 Å². The number of rotatable bonds is 11. The molecule has 0 saturated carbocycles. The maximum Gasteiger partial charge on any atom is 0.242 e. The van der Waals surface area contributed by atoms with E-state index in [0.29, 0.717) is 54.2 Å². The molecule has 2 atom stereocenters. The van der Waals surface area contributed by atoms with Crippen molar-refractivity contribution in [3.8, 4) is 28.4 Å². The largest absolute Gasteiger partial charge is 0.493 e. The van der Waals surface area contributed by atoms with Crippen LogP contribution in [0, 0.1) is 5.92 Å². The van der Waals surface area contributed by atoms with Crippen LogP contribution in [0.5, 0.6) is 17.2 Å². The number of fused-ring (bicyclic) bond motifs is 3. The van der Waals surface area contributed by atoms with E-state index in [0.717, 1.165) is 11.1 Å². The molecule has 10 nitrogen and oxygen atoms in total. The quantitative estimate of drug-likeness (QED) is 0.319. The smallest absolute Gasteiger partial charge is 0.242 e. The van der Waals surface area contributed by atoms with Gasteiger partial charge in [0.2, 0.25) is 23.0 Å². The van der Waals surface area contributed by atoms with Gasteiger partial charge in [0.15, 0.2) is 11.5 Å². The van der Waals surface area contributed by atoms with Crippen molar-refractivity contribution in [1.29, 1.82) is 0 Å². The predicted octanol–water partition coefficient (Wildman–Crippen LogP) is 2.80. The van der Waals surface area contributed by atoms with Crippen LogP contribution in [0.1, 0.15) is 50.8 Å². The number of carbonyl (C=O) groups excluding carboxylic acids is 2. The summed E-state index contributed by atoms with van der Waals surface area (Å²) >= 11 is 0. The number of aliphatic hydroxyl groups excluding tert-OH is 1. The number of aryl methyl sites for hydroxylation is 1. The van der Waals surface area contributed by atoms with Crippen molar-refractivity contribution in [2.24, 2.45) is 5.92 Å². The summed E-state index contributed by atoms with van der Waals surface area (Å²) in [4.78, 5) is 38.5. The van der Waals surface area contributed by atoms with Gasteiger partial charge in [-0.15, -0.1) is 0 Å². The zero-order chi connectivity index (χ0) is 28.7. The lowest BCUT2D eigenvalue weighted by Crippen LogP contribution is -2.44. The van der Waals surface area contributed by atoms with Gasteiger partial charge in [-0.2, -0.15) is 0 Å². The summed E-state index contributed by atoms with van der Waals surface area (Å²) in [7, 11) is 4.64. The van der Waals surface area contributed by atoms with Gasteiger partial charge in [-0.3, -0.25) is 14.4 Å². The summed E-state index contributed by atoms with van der Waals surface area (Å²) < 4.78 is 17.0. The van der Waals surface area contributed by atoms with Crippen LogP contribution in [-0.2, 0) is 16.0 Å². The topological polar surface area (TPSA) is 135 Å². The molecule has 0 bridgehead atoms. The van der Waals surface area contributed by atoms with Gasteiger partial charge in [0.1, 0.15) is 6.04 Å². The number of amides is 2. The molecule has 2 unspecified atom stereocenters. The first-order valence-electron chi connectivity index (χ1n) is 13.1. The summed E-state index contributed by atoms with van der Waals surface area (Å²) in [5.41, 5.74) is 2.96. The monoisotopic (exact) mass is 541 g/mol. The fourth-order valence-corrected chi connectivity index (χ4v) is 4.93. The Balaban J connectivity index is 2.22. The maximum absolute atomic E-state index is 13.5. The molecule has 0 aromatic heterocycles. The Kier molecular flexibility index (Phi) is 10.2. The molecule has 0 saturated heterocycles. The highest BCUT2D eigenvalue weighted by Crippen LogP contribution is 2.50.